The Morgan fingerprint density at radius 3 is 2.51 bits per heavy atom. The summed E-state index contributed by atoms with van der Waals surface area (Å²) in [5, 5.41) is 14.5. The van der Waals surface area contributed by atoms with Gasteiger partial charge in [-0.2, -0.15) is 0 Å². The van der Waals surface area contributed by atoms with E-state index < -0.39 is 11.9 Å². The largest absolute Gasteiger partial charge is 0.493 e. The highest BCUT2D eigenvalue weighted by molar-refractivity contribution is 6.09. The number of hydrogen-bond donors (Lipinski definition) is 4. The molecule has 184 valence electrons. The summed E-state index contributed by atoms with van der Waals surface area (Å²) in [5.74, 6) is 0.428. The van der Waals surface area contributed by atoms with Gasteiger partial charge in [-0.3, -0.25) is 4.79 Å². The van der Waals surface area contributed by atoms with Gasteiger partial charge in [0.05, 0.1) is 17.7 Å². The molecule has 35 heavy (non-hydrogen) atoms. The van der Waals surface area contributed by atoms with E-state index in [0.29, 0.717) is 77.5 Å². The Kier molecular flexibility index (Phi) is 6.27. The van der Waals surface area contributed by atoms with E-state index in [0.717, 1.165) is 12.8 Å². The fourth-order valence-corrected chi connectivity index (χ4v) is 4.72. The van der Waals surface area contributed by atoms with E-state index in [1.165, 1.54) is 18.5 Å². The molecule has 0 aliphatic heterocycles. The van der Waals surface area contributed by atoms with Crippen molar-refractivity contribution >= 4 is 23.0 Å². The second kappa shape index (κ2) is 9.52. The second-order valence-corrected chi connectivity index (χ2v) is 9.44. The molecule has 10 heteroatoms. The molecule has 2 amide bonds. The maximum atomic E-state index is 14.2. The van der Waals surface area contributed by atoms with Crippen LogP contribution in [0.5, 0.6) is 5.75 Å². The molecule has 1 aromatic carbocycles. The number of ether oxygens (including phenoxy) is 1. The van der Waals surface area contributed by atoms with Crippen LogP contribution in [0.4, 0.5) is 9.18 Å². The third kappa shape index (κ3) is 5.06. The predicted octanol–water partition coefficient (Wildman–Crippen LogP) is 4.17. The number of aromatic amines is 1. The van der Waals surface area contributed by atoms with Crippen molar-refractivity contribution in [2.45, 2.75) is 57.5 Å². The van der Waals surface area contributed by atoms with Gasteiger partial charge in [-0.25, -0.2) is 19.2 Å². The van der Waals surface area contributed by atoms with Gasteiger partial charge in [0.25, 0.3) is 5.91 Å². The number of aromatic nitrogens is 3. The van der Waals surface area contributed by atoms with Crippen LogP contribution < -0.4 is 15.4 Å². The summed E-state index contributed by atoms with van der Waals surface area (Å²) in [4.78, 5) is 36.1. The number of hydrogen-bond acceptors (Lipinski definition) is 5. The maximum Gasteiger partial charge on any atom is 0.404 e. The fourth-order valence-electron chi connectivity index (χ4n) is 4.72. The van der Waals surface area contributed by atoms with Gasteiger partial charge < -0.3 is 25.5 Å². The summed E-state index contributed by atoms with van der Waals surface area (Å²) >= 11 is 0. The normalized spacial score (nSPS) is 19.9. The number of fused-ring (bicyclic) bond motifs is 1. The van der Waals surface area contributed by atoms with Crippen molar-refractivity contribution in [1.82, 2.24) is 25.6 Å². The molecule has 2 saturated carbocycles. The van der Waals surface area contributed by atoms with Gasteiger partial charge >= 0.3 is 6.09 Å². The summed E-state index contributed by atoms with van der Waals surface area (Å²) in [6, 6.07) is 4.23. The third-order valence-electron chi connectivity index (χ3n) is 6.76. The number of nitrogens with one attached hydrogen (secondary N) is 3. The van der Waals surface area contributed by atoms with E-state index in [4.69, 9.17) is 9.84 Å². The van der Waals surface area contributed by atoms with Crippen LogP contribution in [0.25, 0.3) is 22.3 Å². The van der Waals surface area contributed by atoms with Crippen molar-refractivity contribution < 1.29 is 23.8 Å². The van der Waals surface area contributed by atoms with Crippen molar-refractivity contribution in [2.24, 2.45) is 5.92 Å². The van der Waals surface area contributed by atoms with E-state index in [9.17, 15) is 14.0 Å². The van der Waals surface area contributed by atoms with Gasteiger partial charge in [0.2, 0.25) is 0 Å². The minimum atomic E-state index is -1.03. The van der Waals surface area contributed by atoms with Crippen LogP contribution in [0.1, 0.15) is 54.6 Å². The molecule has 0 spiro atoms. The summed E-state index contributed by atoms with van der Waals surface area (Å²) in [5.41, 5.74) is 3.05. The molecule has 5 rings (SSSR count). The number of carbonyl (C=O) groups excluding carboxylic acids is 1. The van der Waals surface area contributed by atoms with Crippen molar-refractivity contribution in [3.05, 3.63) is 41.6 Å². The zero-order valence-electron chi connectivity index (χ0n) is 19.4. The highest BCUT2D eigenvalue weighted by atomic mass is 19.1. The Morgan fingerprint density at radius 1 is 1.11 bits per heavy atom. The monoisotopic (exact) mass is 481 g/mol. The lowest BCUT2D eigenvalue weighted by atomic mass is 9.91. The lowest BCUT2D eigenvalue weighted by Crippen LogP contribution is -2.43. The first kappa shape index (κ1) is 23.1. The molecule has 3 aromatic rings. The fraction of sp³-hybridized carbons (Fsp3) is 0.440. The lowest BCUT2D eigenvalue weighted by molar-refractivity contribution is 0.0924. The van der Waals surface area contributed by atoms with Crippen LogP contribution in [0, 0.1) is 18.7 Å². The molecule has 2 aliphatic carbocycles. The molecule has 9 nitrogen and oxygen atoms in total. The Bertz CT molecular complexity index is 1260. The van der Waals surface area contributed by atoms with E-state index >= 15 is 0 Å². The van der Waals surface area contributed by atoms with Crippen LogP contribution in [0.2, 0.25) is 0 Å². The minimum Gasteiger partial charge on any atom is -0.493 e. The molecule has 0 radical (unpaired) electrons. The molecule has 2 aromatic heterocycles. The summed E-state index contributed by atoms with van der Waals surface area (Å²) in [6.45, 7) is 2.37. The smallest absolute Gasteiger partial charge is 0.404 e. The molecule has 0 atom stereocenters. The Balaban J connectivity index is 1.40. The van der Waals surface area contributed by atoms with Crippen molar-refractivity contribution in [2.75, 3.05) is 6.61 Å². The van der Waals surface area contributed by atoms with Crippen molar-refractivity contribution in [3.63, 3.8) is 0 Å². The summed E-state index contributed by atoms with van der Waals surface area (Å²) in [6.07, 6.45) is 5.33. The van der Waals surface area contributed by atoms with Gasteiger partial charge in [-0.05, 0) is 69.6 Å². The summed E-state index contributed by atoms with van der Waals surface area (Å²) in [7, 11) is 0. The van der Waals surface area contributed by atoms with Crippen molar-refractivity contribution in [1.29, 1.82) is 0 Å². The van der Waals surface area contributed by atoms with Crippen molar-refractivity contribution in [3.8, 4) is 17.0 Å². The molecule has 2 fully saturated rings. The molecule has 4 N–H and O–H groups in total. The van der Waals surface area contributed by atoms with Crippen LogP contribution in [0.15, 0.2) is 24.5 Å². The maximum absolute atomic E-state index is 14.2. The Hall–Kier alpha value is -3.69. The zero-order valence-corrected chi connectivity index (χ0v) is 19.4. The standard InChI is InChI=1S/C25H28FN5O4/c1-13-20(24(32)30-16-5-7-17(8-6-16)31-25(33)34)22-23(29-13)21(27-12-28-22)18-10-15(26)4-9-19(18)35-11-14-2-3-14/h4,9-10,12,14,16-17,29,31H,2-3,5-8,11H2,1H3,(H,30,32)(H,33,34)/t16-,17-. The topological polar surface area (TPSA) is 129 Å². The van der Waals surface area contributed by atoms with Gasteiger partial charge in [0.15, 0.2) is 0 Å². The highest BCUT2D eigenvalue weighted by Gasteiger charge is 2.27. The Labute approximate surface area is 201 Å². The van der Waals surface area contributed by atoms with Crippen LogP contribution in [-0.4, -0.2) is 50.7 Å². The predicted molar refractivity (Wildman–Crippen MR) is 127 cm³/mol. The molecule has 0 bridgehead atoms. The highest BCUT2D eigenvalue weighted by Crippen LogP contribution is 2.37. The quantitative estimate of drug-likeness (QED) is 0.401. The zero-order chi connectivity index (χ0) is 24.5. The molecule has 2 aliphatic rings. The van der Waals surface area contributed by atoms with Gasteiger partial charge in [-0.1, -0.05) is 0 Å². The molecule has 0 unspecified atom stereocenters. The third-order valence-corrected chi connectivity index (χ3v) is 6.76. The molecular weight excluding hydrogens is 453 g/mol. The van der Waals surface area contributed by atoms with Gasteiger partial charge in [0.1, 0.15) is 29.1 Å². The van der Waals surface area contributed by atoms with E-state index in [2.05, 4.69) is 25.6 Å². The van der Waals surface area contributed by atoms with E-state index in [-0.39, 0.29) is 18.0 Å². The minimum absolute atomic E-state index is 0.0503. The van der Waals surface area contributed by atoms with Crippen LogP contribution in [-0.2, 0) is 0 Å². The second-order valence-electron chi connectivity index (χ2n) is 9.44. The number of carboxylic acid groups (broad SMARTS) is 1. The van der Waals surface area contributed by atoms with Crippen LogP contribution >= 0.6 is 0 Å². The average molecular weight is 482 g/mol. The average Bonchev–Trinajstić information content (AvgIpc) is 3.58. The number of H-pyrrole nitrogens is 1. The number of amides is 2. The number of nitrogens with zero attached hydrogens (tertiary/aromatic N) is 2. The van der Waals surface area contributed by atoms with E-state index in [1.807, 2.05) is 0 Å². The van der Waals surface area contributed by atoms with E-state index in [1.54, 1.807) is 13.0 Å². The SMILES string of the molecule is Cc1[nH]c2c(-c3cc(F)ccc3OCC3CC3)ncnc2c1C(=O)N[C@H]1CC[C@H](NC(=O)O)CC1. The number of aryl methyl sites for hydroxylation is 1. The lowest BCUT2D eigenvalue weighted by Gasteiger charge is -2.28. The number of rotatable bonds is 7. The van der Waals surface area contributed by atoms with Crippen LogP contribution in [0.3, 0.4) is 0 Å². The first-order chi connectivity index (χ1) is 16.9. The Morgan fingerprint density at radius 2 is 1.83 bits per heavy atom. The first-order valence-corrected chi connectivity index (χ1v) is 12.0. The summed E-state index contributed by atoms with van der Waals surface area (Å²) < 4.78 is 20.2. The molecule has 2 heterocycles. The first-order valence-electron chi connectivity index (χ1n) is 12.0. The van der Waals surface area contributed by atoms with Gasteiger partial charge in [0, 0.05) is 23.3 Å². The molecule has 0 saturated heterocycles. The number of halogens is 1. The number of carbonyl (C=O) groups is 2. The van der Waals surface area contributed by atoms with Gasteiger partial charge in [-0.15, -0.1) is 0 Å². The number of benzene rings is 1. The molecular formula is C25H28FN5O4.